The molecule has 0 fully saturated rings. The number of allylic oxidation sites excluding steroid dienone is 12. The first-order chi connectivity index (χ1) is 21.6. The molecule has 0 saturated carbocycles. The minimum atomic E-state index is -0.793. The number of hydrogen-bond donors (Lipinski definition) is 1. The van der Waals surface area contributed by atoms with Gasteiger partial charge in [0.2, 0.25) is 0 Å². The summed E-state index contributed by atoms with van der Waals surface area (Å²) < 4.78 is 10.5. The van der Waals surface area contributed by atoms with Crippen LogP contribution in [0.2, 0.25) is 0 Å². The maximum atomic E-state index is 12.1. The van der Waals surface area contributed by atoms with Gasteiger partial charge in [0.05, 0.1) is 6.61 Å². The second-order valence-electron chi connectivity index (χ2n) is 11.3. The Morgan fingerprint density at radius 3 is 1.68 bits per heavy atom. The van der Waals surface area contributed by atoms with Crippen molar-refractivity contribution in [1.82, 2.24) is 0 Å². The van der Waals surface area contributed by atoms with Crippen LogP contribution in [0.1, 0.15) is 142 Å². The summed E-state index contributed by atoms with van der Waals surface area (Å²) in [6, 6.07) is 0. The third kappa shape index (κ3) is 32.3. The summed E-state index contributed by atoms with van der Waals surface area (Å²) in [5.74, 6) is -0.654. The first-order valence-electron chi connectivity index (χ1n) is 17.5. The fourth-order valence-corrected chi connectivity index (χ4v) is 4.42. The number of esters is 2. The van der Waals surface area contributed by atoms with Gasteiger partial charge in [-0.2, -0.15) is 0 Å². The van der Waals surface area contributed by atoms with Gasteiger partial charge in [0.15, 0.2) is 6.10 Å². The topological polar surface area (TPSA) is 72.8 Å². The quantitative estimate of drug-likeness (QED) is 0.0378. The highest BCUT2D eigenvalue weighted by Gasteiger charge is 2.16. The molecule has 1 atom stereocenters. The molecular formula is C39H64O5. The number of aliphatic hydroxyl groups excluding tert-OH is 1. The highest BCUT2D eigenvalue weighted by Crippen LogP contribution is 2.11. The highest BCUT2D eigenvalue weighted by molar-refractivity contribution is 5.70. The van der Waals surface area contributed by atoms with Gasteiger partial charge in [-0.25, -0.2) is 0 Å². The van der Waals surface area contributed by atoms with Gasteiger partial charge in [0.1, 0.15) is 6.61 Å². The lowest BCUT2D eigenvalue weighted by molar-refractivity contribution is -0.161. The van der Waals surface area contributed by atoms with Crippen LogP contribution in [0.25, 0.3) is 0 Å². The number of unbranched alkanes of at least 4 members (excludes halogenated alkanes) is 13. The molecule has 5 nitrogen and oxygen atoms in total. The lowest BCUT2D eigenvalue weighted by Gasteiger charge is -2.15. The van der Waals surface area contributed by atoms with Crippen molar-refractivity contribution in [3.05, 3.63) is 72.9 Å². The number of carbonyl (C=O) groups excluding carboxylic acids is 2. The minimum Gasteiger partial charge on any atom is -0.462 e. The van der Waals surface area contributed by atoms with Gasteiger partial charge >= 0.3 is 11.9 Å². The first-order valence-corrected chi connectivity index (χ1v) is 17.5. The number of carbonyl (C=O) groups is 2. The Kier molecular flexibility index (Phi) is 32.7. The van der Waals surface area contributed by atoms with E-state index in [4.69, 9.17) is 9.47 Å². The van der Waals surface area contributed by atoms with E-state index >= 15 is 0 Å². The van der Waals surface area contributed by atoms with Gasteiger partial charge in [0.25, 0.3) is 0 Å². The molecule has 1 N–H and O–H groups in total. The van der Waals surface area contributed by atoms with Crippen LogP contribution in [0, 0.1) is 0 Å². The summed E-state index contributed by atoms with van der Waals surface area (Å²) in [6.07, 6.45) is 45.2. The molecule has 0 aromatic carbocycles. The summed E-state index contributed by atoms with van der Waals surface area (Å²) in [5, 5.41) is 9.51. The van der Waals surface area contributed by atoms with E-state index in [1.165, 1.54) is 51.4 Å². The van der Waals surface area contributed by atoms with E-state index in [1.54, 1.807) is 0 Å². The summed E-state index contributed by atoms with van der Waals surface area (Å²) in [6.45, 7) is 3.90. The van der Waals surface area contributed by atoms with Crippen molar-refractivity contribution in [3.63, 3.8) is 0 Å². The van der Waals surface area contributed by atoms with Gasteiger partial charge in [0, 0.05) is 12.8 Å². The van der Waals surface area contributed by atoms with Gasteiger partial charge in [-0.3, -0.25) is 9.59 Å². The zero-order chi connectivity index (χ0) is 32.2. The van der Waals surface area contributed by atoms with Crippen molar-refractivity contribution in [2.24, 2.45) is 0 Å². The average Bonchev–Trinajstić information content (AvgIpc) is 3.02. The summed E-state index contributed by atoms with van der Waals surface area (Å²) in [4.78, 5) is 24.1. The van der Waals surface area contributed by atoms with Crippen LogP contribution in [0.3, 0.4) is 0 Å². The molecule has 5 heteroatoms. The molecule has 0 saturated heterocycles. The molecule has 250 valence electrons. The van der Waals surface area contributed by atoms with E-state index in [0.717, 1.165) is 64.2 Å². The molecule has 0 bridgehead atoms. The minimum absolute atomic E-state index is 0.0935. The number of hydrogen-bond acceptors (Lipinski definition) is 5. The third-order valence-electron chi connectivity index (χ3n) is 7.08. The Morgan fingerprint density at radius 1 is 0.568 bits per heavy atom. The van der Waals surface area contributed by atoms with Crippen molar-refractivity contribution < 1.29 is 24.2 Å². The smallest absolute Gasteiger partial charge is 0.306 e. The van der Waals surface area contributed by atoms with Crippen LogP contribution in [0.5, 0.6) is 0 Å². The normalized spacial score (nSPS) is 13.1. The van der Waals surface area contributed by atoms with Crippen LogP contribution >= 0.6 is 0 Å². The fraction of sp³-hybridized carbons (Fsp3) is 0.641. The predicted octanol–water partition coefficient (Wildman–Crippen LogP) is 10.6. The van der Waals surface area contributed by atoms with Crippen LogP contribution in [0.15, 0.2) is 72.9 Å². The van der Waals surface area contributed by atoms with Crippen molar-refractivity contribution in [3.8, 4) is 0 Å². The molecule has 1 unspecified atom stereocenters. The fourth-order valence-electron chi connectivity index (χ4n) is 4.42. The molecule has 0 rings (SSSR count). The Balaban J connectivity index is 3.68. The van der Waals surface area contributed by atoms with E-state index in [2.05, 4.69) is 50.3 Å². The van der Waals surface area contributed by atoms with Gasteiger partial charge in [-0.05, 0) is 64.2 Å². The lowest BCUT2D eigenvalue weighted by Crippen LogP contribution is -2.28. The predicted molar refractivity (Wildman–Crippen MR) is 186 cm³/mol. The molecule has 0 radical (unpaired) electrons. The zero-order valence-electron chi connectivity index (χ0n) is 28.1. The molecule has 0 aliphatic heterocycles. The summed E-state index contributed by atoms with van der Waals surface area (Å²) >= 11 is 0. The molecule has 0 amide bonds. The number of rotatable bonds is 30. The molecular weight excluding hydrogens is 548 g/mol. The van der Waals surface area contributed by atoms with Crippen molar-refractivity contribution in [1.29, 1.82) is 0 Å². The van der Waals surface area contributed by atoms with Crippen LogP contribution in [-0.4, -0.2) is 36.4 Å². The maximum Gasteiger partial charge on any atom is 0.306 e. The van der Waals surface area contributed by atoms with Gasteiger partial charge in [-0.15, -0.1) is 0 Å². The SMILES string of the molecule is CC/C=C/C=C/C=C/C=C/CCCCCC(=O)OCC(CO)OC(=O)CCCCCCCCC/C=C/C/C=C/CCCCC. The maximum absolute atomic E-state index is 12.1. The van der Waals surface area contributed by atoms with Crippen LogP contribution < -0.4 is 0 Å². The standard InChI is InChI=1S/C39H64O5/c1-3-5-7-9-11-13-15-17-18-19-20-22-24-26-28-30-32-34-39(42)44-37(35-40)36-43-38(41)33-31-29-27-25-23-21-16-14-12-10-8-6-4-2/h6,8,10-14,16-18,21,23,37,40H,3-5,7,9,15,19-20,22,24-36H2,1-2H3/b8-6+,12-10+,13-11+,16-14+,18-17+,23-21+. The van der Waals surface area contributed by atoms with Crippen molar-refractivity contribution in [2.45, 2.75) is 148 Å². The second kappa shape index (κ2) is 34.8. The number of aliphatic hydroxyl groups is 1. The van der Waals surface area contributed by atoms with Crippen molar-refractivity contribution >= 4 is 11.9 Å². The van der Waals surface area contributed by atoms with Crippen LogP contribution in [0.4, 0.5) is 0 Å². The monoisotopic (exact) mass is 612 g/mol. The van der Waals surface area contributed by atoms with Crippen LogP contribution in [-0.2, 0) is 19.1 Å². The van der Waals surface area contributed by atoms with E-state index in [1.807, 2.05) is 36.5 Å². The zero-order valence-corrected chi connectivity index (χ0v) is 28.1. The van der Waals surface area contributed by atoms with Gasteiger partial charge < -0.3 is 14.6 Å². The Bertz CT molecular complexity index is 833. The lowest BCUT2D eigenvalue weighted by atomic mass is 10.1. The number of ether oxygens (including phenoxy) is 2. The largest absolute Gasteiger partial charge is 0.462 e. The van der Waals surface area contributed by atoms with E-state index in [9.17, 15) is 14.7 Å². The summed E-state index contributed by atoms with van der Waals surface area (Å²) in [7, 11) is 0. The molecule has 0 aromatic heterocycles. The Morgan fingerprint density at radius 2 is 1.07 bits per heavy atom. The Hall–Kier alpha value is -2.66. The first kappa shape index (κ1) is 41.3. The van der Waals surface area contributed by atoms with E-state index in [-0.39, 0.29) is 25.2 Å². The van der Waals surface area contributed by atoms with Crippen molar-refractivity contribution in [2.75, 3.05) is 13.2 Å². The van der Waals surface area contributed by atoms with E-state index < -0.39 is 6.10 Å². The van der Waals surface area contributed by atoms with E-state index in [0.29, 0.717) is 12.8 Å². The molecule has 0 aromatic rings. The second-order valence-corrected chi connectivity index (χ2v) is 11.3. The molecule has 0 heterocycles. The molecule has 44 heavy (non-hydrogen) atoms. The van der Waals surface area contributed by atoms with Gasteiger partial charge in [-0.1, -0.05) is 138 Å². The average molecular weight is 613 g/mol. The molecule has 0 aliphatic carbocycles. The third-order valence-corrected chi connectivity index (χ3v) is 7.08. The highest BCUT2D eigenvalue weighted by atomic mass is 16.6. The molecule has 0 aliphatic rings. The molecule has 0 spiro atoms. The Labute approximate surface area is 270 Å². The summed E-state index contributed by atoms with van der Waals surface area (Å²) in [5.41, 5.74) is 0.